The van der Waals surface area contributed by atoms with Gasteiger partial charge in [0.15, 0.2) is 0 Å². The van der Waals surface area contributed by atoms with E-state index >= 15 is 0 Å². The third-order valence-corrected chi connectivity index (χ3v) is 4.62. The molecule has 0 atom stereocenters. The molecule has 0 aliphatic carbocycles. The van der Waals surface area contributed by atoms with E-state index in [9.17, 15) is 14.0 Å². The van der Waals surface area contributed by atoms with Crippen LogP contribution in [0.3, 0.4) is 0 Å². The number of carbonyl (C=O) groups excluding carboxylic acids is 2. The highest BCUT2D eigenvalue weighted by atomic mass is 19.1. The number of hydrogen-bond acceptors (Lipinski definition) is 3. The van der Waals surface area contributed by atoms with Crippen LogP contribution in [-0.2, 0) is 17.9 Å². The minimum atomic E-state index is -0.360. The second kappa shape index (κ2) is 10.2. The van der Waals surface area contributed by atoms with Crippen LogP contribution in [0.5, 0.6) is 0 Å². The molecule has 0 fully saturated rings. The van der Waals surface area contributed by atoms with Gasteiger partial charge in [-0.05, 0) is 30.7 Å². The van der Waals surface area contributed by atoms with Crippen molar-refractivity contribution in [1.29, 1.82) is 0 Å². The summed E-state index contributed by atoms with van der Waals surface area (Å²) in [6, 6.07) is 21.2. The Balaban J connectivity index is 1.54. The summed E-state index contributed by atoms with van der Waals surface area (Å²) in [5.41, 5.74) is 3.59. The van der Waals surface area contributed by atoms with Crippen LogP contribution in [0.2, 0.25) is 0 Å². The highest BCUT2D eigenvalue weighted by Crippen LogP contribution is 2.15. The van der Waals surface area contributed by atoms with Gasteiger partial charge in [0.1, 0.15) is 5.82 Å². The minimum Gasteiger partial charge on any atom is -0.376 e. The molecule has 5 nitrogen and oxygen atoms in total. The number of benzene rings is 3. The molecule has 30 heavy (non-hydrogen) atoms. The van der Waals surface area contributed by atoms with E-state index in [4.69, 9.17) is 0 Å². The molecule has 0 unspecified atom stereocenters. The summed E-state index contributed by atoms with van der Waals surface area (Å²) in [4.78, 5) is 24.7. The summed E-state index contributed by atoms with van der Waals surface area (Å²) < 4.78 is 13.6. The zero-order chi connectivity index (χ0) is 21.3. The number of carbonyl (C=O) groups is 2. The normalized spacial score (nSPS) is 10.3. The fourth-order valence-corrected chi connectivity index (χ4v) is 2.89. The van der Waals surface area contributed by atoms with E-state index in [1.54, 1.807) is 42.5 Å². The van der Waals surface area contributed by atoms with E-state index in [0.29, 0.717) is 23.4 Å². The topological polar surface area (TPSA) is 70.2 Å². The Morgan fingerprint density at radius 2 is 1.53 bits per heavy atom. The number of halogens is 1. The fourth-order valence-electron chi connectivity index (χ4n) is 2.89. The van der Waals surface area contributed by atoms with Gasteiger partial charge in [-0.25, -0.2) is 4.39 Å². The first-order valence-electron chi connectivity index (χ1n) is 9.69. The van der Waals surface area contributed by atoms with E-state index in [1.807, 2.05) is 31.2 Å². The molecular formula is C24H24FN3O2. The smallest absolute Gasteiger partial charge is 0.253 e. The van der Waals surface area contributed by atoms with E-state index in [1.165, 1.54) is 6.07 Å². The number of aryl methyl sites for hydroxylation is 1. The molecular weight excluding hydrogens is 381 g/mol. The van der Waals surface area contributed by atoms with Crippen LogP contribution in [-0.4, -0.2) is 18.4 Å². The molecule has 0 bridgehead atoms. The molecule has 0 aliphatic rings. The largest absolute Gasteiger partial charge is 0.376 e. The third-order valence-electron chi connectivity index (χ3n) is 4.62. The number of amides is 2. The lowest BCUT2D eigenvalue weighted by atomic mass is 10.1. The number of hydrogen-bond donors (Lipinski definition) is 3. The van der Waals surface area contributed by atoms with Crippen LogP contribution in [0.15, 0.2) is 72.8 Å². The van der Waals surface area contributed by atoms with Crippen molar-refractivity contribution < 1.29 is 14.0 Å². The van der Waals surface area contributed by atoms with Crippen LogP contribution in [0.25, 0.3) is 0 Å². The highest BCUT2D eigenvalue weighted by Gasteiger charge is 2.12. The SMILES string of the molecule is Cc1ccc(CNC(=O)c2ccccc2NCC(=O)NCc2ccccc2F)cc1. The highest BCUT2D eigenvalue weighted by molar-refractivity contribution is 6.00. The average molecular weight is 405 g/mol. The monoisotopic (exact) mass is 405 g/mol. The Bertz CT molecular complexity index is 1020. The number of para-hydroxylation sites is 1. The summed E-state index contributed by atoms with van der Waals surface area (Å²) in [5, 5.41) is 8.55. The van der Waals surface area contributed by atoms with Gasteiger partial charge in [-0.1, -0.05) is 60.2 Å². The summed E-state index contributed by atoms with van der Waals surface area (Å²) in [6.45, 7) is 2.50. The van der Waals surface area contributed by atoms with Crippen LogP contribution in [0, 0.1) is 12.7 Å². The zero-order valence-electron chi connectivity index (χ0n) is 16.7. The summed E-state index contributed by atoms with van der Waals surface area (Å²) in [6.07, 6.45) is 0. The lowest BCUT2D eigenvalue weighted by molar-refractivity contribution is -0.119. The van der Waals surface area contributed by atoms with Gasteiger partial charge in [-0.3, -0.25) is 9.59 Å². The van der Waals surface area contributed by atoms with Crippen LogP contribution < -0.4 is 16.0 Å². The van der Waals surface area contributed by atoms with Gasteiger partial charge in [-0.2, -0.15) is 0 Å². The predicted molar refractivity (Wildman–Crippen MR) is 116 cm³/mol. The molecule has 3 aromatic rings. The third kappa shape index (κ3) is 5.91. The summed E-state index contributed by atoms with van der Waals surface area (Å²) >= 11 is 0. The lowest BCUT2D eigenvalue weighted by Crippen LogP contribution is -2.30. The zero-order valence-corrected chi connectivity index (χ0v) is 16.7. The molecule has 0 aliphatic heterocycles. The Labute approximate surface area is 175 Å². The molecule has 3 rings (SSSR count). The van der Waals surface area contributed by atoms with Crippen molar-refractivity contribution in [3.8, 4) is 0 Å². The first-order chi connectivity index (χ1) is 14.5. The Morgan fingerprint density at radius 3 is 2.30 bits per heavy atom. The Morgan fingerprint density at radius 1 is 0.833 bits per heavy atom. The van der Waals surface area contributed by atoms with E-state index in [-0.39, 0.29) is 30.7 Å². The molecule has 0 saturated heterocycles. The van der Waals surface area contributed by atoms with Gasteiger partial charge in [-0.15, -0.1) is 0 Å². The molecule has 0 spiro atoms. The summed E-state index contributed by atoms with van der Waals surface area (Å²) in [7, 11) is 0. The number of anilines is 1. The predicted octanol–water partition coefficient (Wildman–Crippen LogP) is 3.79. The average Bonchev–Trinajstić information content (AvgIpc) is 2.76. The first kappa shape index (κ1) is 21.0. The molecule has 3 aromatic carbocycles. The van der Waals surface area contributed by atoms with Gasteiger partial charge >= 0.3 is 0 Å². The van der Waals surface area contributed by atoms with Crippen LogP contribution in [0.4, 0.5) is 10.1 Å². The van der Waals surface area contributed by atoms with Crippen molar-refractivity contribution in [1.82, 2.24) is 10.6 Å². The second-order valence-electron chi connectivity index (χ2n) is 6.94. The molecule has 3 N–H and O–H groups in total. The number of nitrogens with one attached hydrogen (secondary N) is 3. The van der Waals surface area contributed by atoms with E-state index in [0.717, 1.165) is 11.1 Å². The standard InChI is InChI=1S/C24H24FN3O2/c1-17-10-12-18(13-11-17)14-28-24(30)20-7-3-5-9-22(20)26-16-23(29)27-15-19-6-2-4-8-21(19)25/h2-13,26H,14-16H2,1H3,(H,27,29)(H,28,30). The number of rotatable bonds is 8. The quantitative estimate of drug-likeness (QED) is 0.534. The molecule has 2 amide bonds. The molecule has 0 saturated carbocycles. The summed E-state index contributed by atoms with van der Waals surface area (Å²) in [5.74, 6) is -0.889. The first-order valence-corrected chi connectivity index (χ1v) is 9.69. The van der Waals surface area contributed by atoms with Gasteiger partial charge in [0.2, 0.25) is 5.91 Å². The van der Waals surface area contributed by atoms with Crippen molar-refractivity contribution in [3.05, 3.63) is 101 Å². The van der Waals surface area contributed by atoms with Gasteiger partial charge in [0, 0.05) is 24.3 Å². The van der Waals surface area contributed by atoms with E-state index < -0.39 is 0 Å². The van der Waals surface area contributed by atoms with Crippen molar-refractivity contribution in [3.63, 3.8) is 0 Å². The van der Waals surface area contributed by atoms with Gasteiger partial charge in [0.05, 0.1) is 12.1 Å². The van der Waals surface area contributed by atoms with Gasteiger partial charge < -0.3 is 16.0 Å². The molecule has 154 valence electrons. The molecule has 0 aromatic heterocycles. The maximum absolute atomic E-state index is 13.6. The van der Waals surface area contributed by atoms with Crippen molar-refractivity contribution in [2.75, 3.05) is 11.9 Å². The molecule has 0 heterocycles. The lowest BCUT2D eigenvalue weighted by Gasteiger charge is -2.13. The maximum atomic E-state index is 13.6. The van der Waals surface area contributed by atoms with E-state index in [2.05, 4.69) is 16.0 Å². The Kier molecular flexibility index (Phi) is 7.16. The van der Waals surface area contributed by atoms with Crippen LogP contribution >= 0.6 is 0 Å². The Hall–Kier alpha value is -3.67. The maximum Gasteiger partial charge on any atom is 0.253 e. The van der Waals surface area contributed by atoms with Crippen molar-refractivity contribution in [2.45, 2.75) is 20.0 Å². The van der Waals surface area contributed by atoms with Gasteiger partial charge in [0.25, 0.3) is 5.91 Å². The molecule has 6 heteroatoms. The second-order valence-corrected chi connectivity index (χ2v) is 6.94. The van der Waals surface area contributed by atoms with Crippen molar-refractivity contribution in [2.24, 2.45) is 0 Å². The van der Waals surface area contributed by atoms with Crippen molar-refractivity contribution >= 4 is 17.5 Å². The molecule has 0 radical (unpaired) electrons. The minimum absolute atomic E-state index is 0.0310. The van der Waals surface area contributed by atoms with Crippen LogP contribution in [0.1, 0.15) is 27.0 Å². The fraction of sp³-hybridized carbons (Fsp3) is 0.167.